The van der Waals surface area contributed by atoms with Gasteiger partial charge >= 0.3 is 0 Å². The van der Waals surface area contributed by atoms with Crippen molar-refractivity contribution in [3.63, 3.8) is 0 Å². The van der Waals surface area contributed by atoms with Gasteiger partial charge in [-0.05, 0) is 31.6 Å². The highest BCUT2D eigenvalue weighted by molar-refractivity contribution is 4.85. The maximum absolute atomic E-state index is 13.7. The highest BCUT2D eigenvalue weighted by Crippen LogP contribution is 2.36. The first-order valence-corrected chi connectivity index (χ1v) is 12.8. The standard InChI is InChI=1S/C26H53O/c1-5-9-12-15-17-20-23-25(22-19-14-11-7-3)26(27,8-4)24-21-18-16-13-10-6-2/h25H,5-24H2,1-4H3. The molecule has 0 saturated carbocycles. The zero-order valence-electron chi connectivity index (χ0n) is 19.6. The molecule has 0 bridgehead atoms. The van der Waals surface area contributed by atoms with Crippen LogP contribution in [0.4, 0.5) is 0 Å². The zero-order valence-corrected chi connectivity index (χ0v) is 19.6. The summed E-state index contributed by atoms with van der Waals surface area (Å²) < 4.78 is 0. The fourth-order valence-corrected chi connectivity index (χ4v) is 4.53. The third-order valence-electron chi connectivity index (χ3n) is 6.61. The van der Waals surface area contributed by atoms with Crippen LogP contribution in [-0.2, 0) is 5.11 Å². The molecule has 0 spiro atoms. The summed E-state index contributed by atoms with van der Waals surface area (Å²) in [6.07, 6.45) is 25.1. The van der Waals surface area contributed by atoms with Gasteiger partial charge in [-0.15, -0.1) is 0 Å². The van der Waals surface area contributed by atoms with Gasteiger partial charge in [0.05, 0.1) is 0 Å². The lowest BCUT2D eigenvalue weighted by molar-refractivity contribution is -0.0951. The molecule has 1 heteroatoms. The first-order chi connectivity index (χ1) is 13.1. The molecule has 27 heavy (non-hydrogen) atoms. The van der Waals surface area contributed by atoms with Crippen LogP contribution in [0.2, 0.25) is 0 Å². The van der Waals surface area contributed by atoms with Crippen molar-refractivity contribution in [2.75, 3.05) is 0 Å². The highest BCUT2D eigenvalue weighted by atomic mass is 16.3. The van der Waals surface area contributed by atoms with Gasteiger partial charge in [-0.1, -0.05) is 130 Å². The van der Waals surface area contributed by atoms with E-state index in [1.54, 1.807) is 0 Å². The predicted octanol–water partition coefficient (Wildman–Crippen LogP) is 9.65. The summed E-state index contributed by atoms with van der Waals surface area (Å²) >= 11 is 0. The fourth-order valence-electron chi connectivity index (χ4n) is 4.53. The van der Waals surface area contributed by atoms with E-state index in [0.717, 1.165) is 19.3 Å². The van der Waals surface area contributed by atoms with Gasteiger partial charge < -0.3 is 0 Å². The normalized spacial score (nSPS) is 15.0. The molecule has 0 aromatic rings. The van der Waals surface area contributed by atoms with Gasteiger partial charge in [0, 0.05) is 0 Å². The lowest BCUT2D eigenvalue weighted by Gasteiger charge is -2.34. The van der Waals surface area contributed by atoms with Crippen LogP contribution in [-0.4, -0.2) is 5.60 Å². The first-order valence-electron chi connectivity index (χ1n) is 12.8. The molecule has 0 aromatic carbocycles. The van der Waals surface area contributed by atoms with Crippen LogP contribution in [0.3, 0.4) is 0 Å². The van der Waals surface area contributed by atoms with E-state index in [1.165, 1.54) is 109 Å². The monoisotopic (exact) mass is 381 g/mol. The van der Waals surface area contributed by atoms with Crippen LogP contribution in [0.25, 0.3) is 0 Å². The van der Waals surface area contributed by atoms with Crippen molar-refractivity contribution in [1.29, 1.82) is 0 Å². The van der Waals surface area contributed by atoms with Crippen LogP contribution in [0.5, 0.6) is 0 Å². The minimum atomic E-state index is -0.652. The fraction of sp³-hybridized carbons (Fsp3) is 1.00. The summed E-state index contributed by atoms with van der Waals surface area (Å²) in [5.41, 5.74) is -0.652. The van der Waals surface area contributed by atoms with Crippen molar-refractivity contribution < 1.29 is 5.11 Å². The van der Waals surface area contributed by atoms with Crippen LogP contribution < -0.4 is 0 Å². The maximum Gasteiger partial charge on any atom is 0.106 e. The summed E-state index contributed by atoms with van der Waals surface area (Å²) in [7, 11) is 0. The Balaban J connectivity index is 4.40. The molecule has 0 N–H and O–H groups in total. The SMILES string of the molecule is CCCCCCCCC(CCCCCC)C([O])(CC)CCCCCCCC. The molecule has 0 amide bonds. The molecule has 1 radical (unpaired) electrons. The van der Waals surface area contributed by atoms with Crippen LogP contribution in [0.15, 0.2) is 0 Å². The Morgan fingerprint density at radius 3 is 1.33 bits per heavy atom. The van der Waals surface area contributed by atoms with Crippen LogP contribution in [0.1, 0.15) is 156 Å². The van der Waals surface area contributed by atoms with Crippen molar-refractivity contribution in [3.8, 4) is 0 Å². The molecule has 2 atom stereocenters. The highest BCUT2D eigenvalue weighted by Gasteiger charge is 2.35. The molecule has 0 aliphatic carbocycles. The van der Waals surface area contributed by atoms with Crippen molar-refractivity contribution in [3.05, 3.63) is 0 Å². The van der Waals surface area contributed by atoms with Crippen molar-refractivity contribution in [2.24, 2.45) is 5.92 Å². The van der Waals surface area contributed by atoms with Crippen molar-refractivity contribution in [2.45, 2.75) is 162 Å². The zero-order chi connectivity index (χ0) is 20.2. The minimum absolute atomic E-state index is 0.418. The largest absolute Gasteiger partial charge is 0.229 e. The molecular formula is C26H53O. The van der Waals surface area contributed by atoms with E-state index in [4.69, 9.17) is 0 Å². The average molecular weight is 382 g/mol. The molecule has 0 aliphatic rings. The first kappa shape index (κ1) is 27.0. The molecule has 0 fully saturated rings. The van der Waals surface area contributed by atoms with Gasteiger partial charge in [-0.3, -0.25) is 0 Å². The Labute approximate surface area is 173 Å². The predicted molar refractivity (Wildman–Crippen MR) is 122 cm³/mol. The second-order valence-electron chi connectivity index (χ2n) is 9.04. The summed E-state index contributed by atoms with van der Waals surface area (Å²) in [6, 6.07) is 0. The van der Waals surface area contributed by atoms with Crippen molar-refractivity contribution in [1.82, 2.24) is 0 Å². The van der Waals surface area contributed by atoms with E-state index in [1.807, 2.05) is 0 Å². The number of unbranched alkanes of at least 4 members (excludes halogenated alkanes) is 13. The Hall–Kier alpha value is -0.0400. The molecule has 1 nitrogen and oxygen atoms in total. The molecule has 0 heterocycles. The Bertz CT molecular complexity index is 288. The maximum atomic E-state index is 13.7. The number of rotatable bonds is 21. The lowest BCUT2D eigenvalue weighted by atomic mass is 9.75. The van der Waals surface area contributed by atoms with Gasteiger partial charge in [-0.2, -0.15) is 0 Å². The van der Waals surface area contributed by atoms with Gasteiger partial charge in [0.2, 0.25) is 0 Å². The topological polar surface area (TPSA) is 19.9 Å². The summed E-state index contributed by atoms with van der Waals surface area (Å²) in [5, 5.41) is 13.7. The summed E-state index contributed by atoms with van der Waals surface area (Å²) in [4.78, 5) is 0. The van der Waals surface area contributed by atoms with Gasteiger partial charge in [0.25, 0.3) is 0 Å². The summed E-state index contributed by atoms with van der Waals surface area (Å²) in [6.45, 7) is 8.98. The molecular weight excluding hydrogens is 328 g/mol. The van der Waals surface area contributed by atoms with E-state index < -0.39 is 5.60 Å². The minimum Gasteiger partial charge on any atom is -0.229 e. The van der Waals surface area contributed by atoms with E-state index >= 15 is 0 Å². The smallest absolute Gasteiger partial charge is 0.106 e. The Kier molecular flexibility index (Phi) is 19.3. The Morgan fingerprint density at radius 2 is 0.889 bits per heavy atom. The van der Waals surface area contributed by atoms with E-state index in [2.05, 4.69) is 27.7 Å². The molecule has 0 saturated heterocycles. The number of hydrogen-bond acceptors (Lipinski definition) is 0. The molecule has 0 aliphatic heterocycles. The molecule has 0 rings (SSSR count). The van der Waals surface area contributed by atoms with Crippen LogP contribution in [0, 0.1) is 5.92 Å². The molecule has 163 valence electrons. The number of hydrogen-bond donors (Lipinski definition) is 0. The second kappa shape index (κ2) is 19.3. The molecule has 0 aromatic heterocycles. The van der Waals surface area contributed by atoms with Gasteiger partial charge in [0.1, 0.15) is 5.60 Å². The lowest BCUT2D eigenvalue weighted by Crippen LogP contribution is -2.36. The van der Waals surface area contributed by atoms with E-state index in [-0.39, 0.29) is 0 Å². The average Bonchev–Trinajstić information content (AvgIpc) is 2.68. The second-order valence-corrected chi connectivity index (χ2v) is 9.04. The van der Waals surface area contributed by atoms with Gasteiger partial charge in [-0.25, -0.2) is 5.11 Å². The van der Waals surface area contributed by atoms with Crippen LogP contribution >= 0.6 is 0 Å². The quantitative estimate of drug-likeness (QED) is 0.176. The summed E-state index contributed by atoms with van der Waals surface area (Å²) in [5.74, 6) is 0.418. The third-order valence-corrected chi connectivity index (χ3v) is 6.61. The van der Waals surface area contributed by atoms with E-state index in [0.29, 0.717) is 5.92 Å². The Morgan fingerprint density at radius 1 is 0.519 bits per heavy atom. The van der Waals surface area contributed by atoms with Gasteiger partial charge in [0.15, 0.2) is 0 Å². The van der Waals surface area contributed by atoms with Crippen molar-refractivity contribution >= 4 is 0 Å². The third kappa shape index (κ3) is 14.6. The molecule has 2 unspecified atom stereocenters. The van der Waals surface area contributed by atoms with E-state index in [9.17, 15) is 5.11 Å².